The first-order chi connectivity index (χ1) is 17.9. The van der Waals surface area contributed by atoms with E-state index in [1.54, 1.807) is 11.6 Å². The van der Waals surface area contributed by atoms with Crippen LogP contribution in [0.25, 0.3) is 34.7 Å². The molecule has 8 heteroatoms. The number of hydrogen-bond acceptors (Lipinski definition) is 4. The van der Waals surface area contributed by atoms with Crippen LogP contribution in [0.15, 0.2) is 84.9 Å². The minimum atomic E-state index is -4.68. The summed E-state index contributed by atoms with van der Waals surface area (Å²) >= 11 is 0. The van der Waals surface area contributed by atoms with Crippen LogP contribution >= 0.6 is 0 Å². The Labute approximate surface area is 212 Å². The molecule has 5 nitrogen and oxygen atoms in total. The van der Waals surface area contributed by atoms with Crippen LogP contribution in [0.3, 0.4) is 0 Å². The third-order valence-electron chi connectivity index (χ3n) is 5.94. The largest absolute Gasteiger partial charge is 0.435 e. The number of alkyl halides is 3. The highest BCUT2D eigenvalue weighted by Crippen LogP contribution is 2.35. The minimum absolute atomic E-state index is 0.0788. The lowest BCUT2D eigenvalue weighted by molar-refractivity contribution is -0.139. The van der Waals surface area contributed by atoms with Crippen molar-refractivity contribution in [2.75, 3.05) is 11.9 Å². The Balaban J connectivity index is 1.48. The Kier molecular flexibility index (Phi) is 6.72. The van der Waals surface area contributed by atoms with Crippen molar-refractivity contribution in [1.29, 1.82) is 0 Å². The number of imidazole rings is 1. The molecule has 0 spiro atoms. The molecule has 0 bridgehead atoms. The van der Waals surface area contributed by atoms with Crippen molar-refractivity contribution >= 4 is 29.3 Å². The van der Waals surface area contributed by atoms with E-state index in [2.05, 4.69) is 20.3 Å². The molecule has 0 aliphatic rings. The molecule has 0 fully saturated rings. The van der Waals surface area contributed by atoms with Crippen LogP contribution in [0.4, 0.5) is 19.1 Å². The molecule has 2 heterocycles. The number of aromatic nitrogens is 4. The third-order valence-corrected chi connectivity index (χ3v) is 5.94. The van der Waals surface area contributed by atoms with Gasteiger partial charge in [0.1, 0.15) is 11.3 Å². The summed E-state index contributed by atoms with van der Waals surface area (Å²) < 4.78 is 43.5. The fourth-order valence-electron chi connectivity index (χ4n) is 4.10. The van der Waals surface area contributed by atoms with E-state index in [-0.39, 0.29) is 17.1 Å². The van der Waals surface area contributed by atoms with Gasteiger partial charge in [-0.15, -0.1) is 0 Å². The molecule has 0 saturated heterocycles. The molecule has 5 rings (SSSR count). The molecule has 0 aliphatic carbocycles. The molecule has 0 saturated carbocycles. The summed E-state index contributed by atoms with van der Waals surface area (Å²) in [6.45, 7) is 0.396. The summed E-state index contributed by atoms with van der Waals surface area (Å²) in [5, 5.41) is 2.94. The molecule has 2 aromatic heterocycles. The van der Waals surface area contributed by atoms with Crippen LogP contribution in [0.5, 0.6) is 0 Å². The molecule has 0 amide bonds. The molecule has 0 unspecified atom stereocenters. The van der Waals surface area contributed by atoms with Gasteiger partial charge in [0.05, 0.1) is 0 Å². The van der Waals surface area contributed by atoms with E-state index < -0.39 is 11.9 Å². The highest BCUT2D eigenvalue weighted by molar-refractivity contribution is 5.81. The van der Waals surface area contributed by atoms with Gasteiger partial charge >= 0.3 is 6.18 Å². The predicted octanol–water partition coefficient (Wildman–Crippen LogP) is 6.87. The molecular weight excluding hydrogens is 475 g/mol. The van der Waals surface area contributed by atoms with Crippen LogP contribution in [0.2, 0.25) is 0 Å². The topological polar surface area (TPSA) is 55.6 Å². The van der Waals surface area contributed by atoms with Gasteiger partial charge in [0, 0.05) is 19.2 Å². The van der Waals surface area contributed by atoms with Crippen molar-refractivity contribution in [3.63, 3.8) is 0 Å². The number of rotatable bonds is 7. The molecular formula is C29H24F3N5. The first-order valence-corrected chi connectivity index (χ1v) is 11.8. The van der Waals surface area contributed by atoms with Crippen LogP contribution in [0.1, 0.15) is 22.4 Å². The summed E-state index contributed by atoms with van der Waals surface area (Å²) in [5.41, 5.74) is 2.49. The zero-order valence-corrected chi connectivity index (χ0v) is 20.1. The van der Waals surface area contributed by atoms with Gasteiger partial charge in [0.2, 0.25) is 5.95 Å². The second-order valence-electron chi connectivity index (χ2n) is 8.59. The summed E-state index contributed by atoms with van der Waals surface area (Å²) in [4.78, 5) is 12.5. The lowest BCUT2D eigenvalue weighted by Gasteiger charge is -2.10. The Morgan fingerprint density at radius 1 is 0.811 bits per heavy atom. The molecule has 186 valence electrons. The van der Waals surface area contributed by atoms with E-state index >= 15 is 0 Å². The quantitative estimate of drug-likeness (QED) is 0.248. The number of nitrogens with one attached hydrogen (secondary N) is 1. The van der Waals surface area contributed by atoms with Crippen molar-refractivity contribution in [2.24, 2.45) is 7.05 Å². The summed E-state index contributed by atoms with van der Waals surface area (Å²) in [6, 6.07) is 27.0. The normalized spacial score (nSPS) is 11.9. The number of hydrogen-bond donors (Lipinski definition) is 1. The van der Waals surface area contributed by atoms with Crippen molar-refractivity contribution in [2.45, 2.75) is 12.6 Å². The molecule has 0 atom stereocenters. The van der Waals surface area contributed by atoms with E-state index in [0.717, 1.165) is 16.7 Å². The van der Waals surface area contributed by atoms with Crippen molar-refractivity contribution < 1.29 is 13.2 Å². The Morgan fingerprint density at radius 2 is 1.49 bits per heavy atom. The number of halogens is 3. The molecule has 1 N–H and O–H groups in total. The van der Waals surface area contributed by atoms with E-state index in [0.29, 0.717) is 24.4 Å². The smallest absolute Gasteiger partial charge is 0.354 e. The number of benzene rings is 3. The number of anilines is 1. The average molecular weight is 500 g/mol. The Morgan fingerprint density at radius 3 is 2.22 bits per heavy atom. The lowest BCUT2D eigenvalue weighted by Crippen LogP contribution is -2.14. The summed E-state index contributed by atoms with van der Waals surface area (Å²) in [6.07, 6.45) is -0.113. The van der Waals surface area contributed by atoms with E-state index in [1.165, 1.54) is 0 Å². The Hall–Kier alpha value is -4.46. The van der Waals surface area contributed by atoms with E-state index in [1.807, 2.05) is 97.1 Å². The second-order valence-corrected chi connectivity index (χ2v) is 8.59. The van der Waals surface area contributed by atoms with Crippen molar-refractivity contribution in [3.05, 3.63) is 107 Å². The fraction of sp³-hybridized carbons (Fsp3) is 0.138. The Bertz CT molecular complexity index is 1540. The van der Waals surface area contributed by atoms with Gasteiger partial charge in [-0.05, 0) is 29.2 Å². The zero-order valence-electron chi connectivity index (χ0n) is 20.1. The van der Waals surface area contributed by atoms with Gasteiger partial charge in [0.15, 0.2) is 11.3 Å². The number of aryl methyl sites for hydroxylation is 1. The predicted molar refractivity (Wildman–Crippen MR) is 141 cm³/mol. The highest BCUT2D eigenvalue weighted by Gasteiger charge is 2.37. The minimum Gasteiger partial charge on any atom is -0.354 e. The van der Waals surface area contributed by atoms with Gasteiger partial charge < -0.3 is 9.88 Å². The first kappa shape index (κ1) is 24.2. The third kappa shape index (κ3) is 5.53. The maximum Gasteiger partial charge on any atom is 0.435 e. The van der Waals surface area contributed by atoms with Crippen molar-refractivity contribution in [1.82, 2.24) is 19.5 Å². The number of fused-ring (bicyclic) bond motifs is 1. The molecule has 0 radical (unpaired) electrons. The van der Waals surface area contributed by atoms with Gasteiger partial charge in [-0.2, -0.15) is 18.2 Å². The summed E-state index contributed by atoms with van der Waals surface area (Å²) in [7, 11) is 1.66. The molecule has 37 heavy (non-hydrogen) atoms. The second kappa shape index (κ2) is 10.3. The van der Waals surface area contributed by atoms with Crippen molar-refractivity contribution in [3.8, 4) is 11.4 Å². The highest BCUT2D eigenvalue weighted by atomic mass is 19.4. The maximum atomic E-state index is 14.0. The van der Waals surface area contributed by atoms with Crippen LogP contribution in [-0.2, 0) is 19.6 Å². The molecule has 5 aromatic rings. The molecule has 3 aromatic carbocycles. The maximum absolute atomic E-state index is 14.0. The van der Waals surface area contributed by atoms with E-state index in [4.69, 9.17) is 0 Å². The summed E-state index contributed by atoms with van der Waals surface area (Å²) in [5.74, 6) is 0.302. The van der Waals surface area contributed by atoms with Gasteiger partial charge in [-0.1, -0.05) is 91.0 Å². The monoisotopic (exact) mass is 499 g/mol. The standard InChI is InChI=1S/C29H24F3N5/c1-37-26(23-14-8-13-22(19-23)16-15-20-9-4-2-5-10-20)34-24-25(29(30,31)32)35-28(36-27(24)37)33-18-17-21-11-6-3-7-12-21/h2-16,19H,17-18H2,1H3,(H,33,35,36)/b16-15+. The van der Waals surface area contributed by atoms with Crippen LogP contribution in [0, 0.1) is 0 Å². The van der Waals surface area contributed by atoms with E-state index in [9.17, 15) is 13.2 Å². The average Bonchev–Trinajstić information content (AvgIpc) is 3.24. The number of nitrogens with zero attached hydrogens (tertiary/aromatic N) is 4. The van der Waals surface area contributed by atoms with Crippen LogP contribution in [-0.4, -0.2) is 26.1 Å². The first-order valence-electron chi connectivity index (χ1n) is 11.8. The molecule has 0 aliphatic heterocycles. The van der Waals surface area contributed by atoms with Gasteiger partial charge in [0.25, 0.3) is 0 Å². The fourth-order valence-corrected chi connectivity index (χ4v) is 4.10. The zero-order chi connectivity index (χ0) is 25.8. The van der Waals surface area contributed by atoms with Gasteiger partial charge in [-0.3, -0.25) is 0 Å². The van der Waals surface area contributed by atoms with Crippen LogP contribution < -0.4 is 5.32 Å². The lowest BCUT2D eigenvalue weighted by atomic mass is 10.1. The SMILES string of the molecule is Cn1c(-c2cccc(/C=C/c3ccccc3)c2)nc2c(C(F)(F)F)nc(NCCc3ccccc3)nc21. The van der Waals surface area contributed by atoms with Gasteiger partial charge in [-0.25, -0.2) is 9.97 Å².